The van der Waals surface area contributed by atoms with Crippen molar-refractivity contribution in [1.29, 1.82) is 0 Å². The summed E-state index contributed by atoms with van der Waals surface area (Å²) in [6, 6.07) is 1.29. The first-order valence-electron chi connectivity index (χ1n) is 4.86. The standard InChI is InChI=1S/C9H16N2/c10-8-2-1-3-11-5-6-4-7(6)9(8)11/h6-9H,1-5,10H2. The lowest BCUT2D eigenvalue weighted by atomic mass is 9.95. The molecule has 3 rings (SSSR count). The predicted octanol–water partition coefficient (Wildman–Crippen LogP) is 0.428. The molecule has 0 amide bonds. The topological polar surface area (TPSA) is 29.3 Å². The molecule has 3 aliphatic rings. The van der Waals surface area contributed by atoms with Crippen molar-refractivity contribution in [2.24, 2.45) is 17.6 Å². The number of hydrogen-bond donors (Lipinski definition) is 1. The zero-order valence-electron chi connectivity index (χ0n) is 6.87. The molecule has 62 valence electrons. The van der Waals surface area contributed by atoms with E-state index in [9.17, 15) is 0 Å². The maximum absolute atomic E-state index is 6.10. The molecule has 2 saturated heterocycles. The quantitative estimate of drug-likeness (QED) is 0.545. The second-order valence-corrected chi connectivity index (χ2v) is 4.45. The molecule has 2 aliphatic heterocycles. The summed E-state index contributed by atoms with van der Waals surface area (Å²) >= 11 is 0. The van der Waals surface area contributed by atoms with Crippen molar-refractivity contribution in [3.05, 3.63) is 0 Å². The molecular formula is C9H16N2. The Morgan fingerprint density at radius 3 is 3.09 bits per heavy atom. The number of piperidine rings is 2. The molecule has 2 heteroatoms. The fourth-order valence-corrected chi connectivity index (χ4v) is 3.12. The third kappa shape index (κ3) is 0.798. The minimum Gasteiger partial charge on any atom is -0.326 e. The van der Waals surface area contributed by atoms with Crippen molar-refractivity contribution in [2.75, 3.05) is 13.1 Å². The zero-order chi connectivity index (χ0) is 7.42. The Labute approximate surface area is 67.7 Å². The predicted molar refractivity (Wildman–Crippen MR) is 44.2 cm³/mol. The maximum Gasteiger partial charge on any atom is 0.0278 e. The van der Waals surface area contributed by atoms with Crippen LogP contribution in [0.3, 0.4) is 0 Å². The van der Waals surface area contributed by atoms with Gasteiger partial charge in [0.05, 0.1) is 0 Å². The molecule has 0 radical (unpaired) electrons. The highest BCUT2D eigenvalue weighted by Crippen LogP contribution is 2.51. The van der Waals surface area contributed by atoms with Gasteiger partial charge in [-0.2, -0.15) is 0 Å². The average Bonchev–Trinajstić information content (AvgIpc) is 2.62. The molecule has 0 bridgehead atoms. The van der Waals surface area contributed by atoms with Crippen LogP contribution in [-0.4, -0.2) is 30.1 Å². The summed E-state index contributed by atoms with van der Waals surface area (Å²) in [6.07, 6.45) is 4.08. The minimum absolute atomic E-state index is 0.501. The van der Waals surface area contributed by atoms with E-state index < -0.39 is 0 Å². The monoisotopic (exact) mass is 152 g/mol. The fraction of sp³-hybridized carbons (Fsp3) is 1.00. The van der Waals surface area contributed by atoms with Gasteiger partial charge in [0.2, 0.25) is 0 Å². The van der Waals surface area contributed by atoms with E-state index >= 15 is 0 Å². The molecule has 0 aromatic rings. The highest BCUT2D eigenvalue weighted by atomic mass is 15.2. The van der Waals surface area contributed by atoms with E-state index in [2.05, 4.69) is 4.90 Å². The second kappa shape index (κ2) is 1.99. The van der Waals surface area contributed by atoms with Gasteiger partial charge in [0.15, 0.2) is 0 Å². The van der Waals surface area contributed by atoms with E-state index in [4.69, 9.17) is 5.73 Å². The molecule has 0 aromatic heterocycles. The number of nitrogens with two attached hydrogens (primary N) is 1. The largest absolute Gasteiger partial charge is 0.326 e. The summed E-state index contributed by atoms with van der Waals surface area (Å²) < 4.78 is 0. The van der Waals surface area contributed by atoms with Gasteiger partial charge in [-0.3, -0.25) is 4.90 Å². The number of rotatable bonds is 0. The van der Waals surface area contributed by atoms with Crippen molar-refractivity contribution >= 4 is 0 Å². The Balaban J connectivity index is 1.83. The summed E-state index contributed by atoms with van der Waals surface area (Å²) in [5.74, 6) is 2.05. The molecule has 2 heterocycles. The first-order valence-corrected chi connectivity index (χ1v) is 4.86. The van der Waals surface area contributed by atoms with Crippen LogP contribution >= 0.6 is 0 Å². The summed E-state index contributed by atoms with van der Waals surface area (Å²) in [6.45, 7) is 2.69. The third-order valence-electron chi connectivity index (χ3n) is 3.73. The highest BCUT2D eigenvalue weighted by Gasteiger charge is 2.54. The molecule has 1 saturated carbocycles. The molecule has 1 aliphatic carbocycles. The van der Waals surface area contributed by atoms with Crippen molar-refractivity contribution in [3.8, 4) is 0 Å². The van der Waals surface area contributed by atoms with Gasteiger partial charge in [-0.25, -0.2) is 0 Å². The molecule has 4 atom stereocenters. The summed E-state index contributed by atoms with van der Waals surface area (Å²) in [5.41, 5.74) is 6.10. The van der Waals surface area contributed by atoms with Gasteiger partial charge >= 0.3 is 0 Å². The molecule has 2 nitrogen and oxygen atoms in total. The van der Waals surface area contributed by atoms with Crippen LogP contribution in [-0.2, 0) is 0 Å². The smallest absolute Gasteiger partial charge is 0.0278 e. The zero-order valence-corrected chi connectivity index (χ0v) is 6.87. The highest BCUT2D eigenvalue weighted by molar-refractivity contribution is 5.08. The van der Waals surface area contributed by atoms with Gasteiger partial charge in [0, 0.05) is 18.6 Å². The summed E-state index contributed by atoms with van der Waals surface area (Å²) in [4.78, 5) is 2.63. The lowest BCUT2D eigenvalue weighted by molar-refractivity contribution is 0.147. The molecule has 4 unspecified atom stereocenters. The Hall–Kier alpha value is -0.0800. The van der Waals surface area contributed by atoms with E-state index in [1.165, 1.54) is 32.4 Å². The van der Waals surface area contributed by atoms with Gasteiger partial charge in [0.25, 0.3) is 0 Å². The Bertz CT molecular complexity index is 180. The fourth-order valence-electron chi connectivity index (χ4n) is 3.12. The van der Waals surface area contributed by atoms with Gasteiger partial charge in [-0.05, 0) is 37.6 Å². The van der Waals surface area contributed by atoms with Crippen LogP contribution in [0.15, 0.2) is 0 Å². The summed E-state index contributed by atoms with van der Waals surface area (Å²) in [5, 5.41) is 0. The van der Waals surface area contributed by atoms with Gasteiger partial charge < -0.3 is 5.73 Å². The van der Waals surface area contributed by atoms with Gasteiger partial charge in [-0.15, -0.1) is 0 Å². The van der Waals surface area contributed by atoms with E-state index in [0.29, 0.717) is 6.04 Å². The van der Waals surface area contributed by atoms with E-state index in [-0.39, 0.29) is 0 Å². The Morgan fingerprint density at radius 2 is 2.27 bits per heavy atom. The van der Waals surface area contributed by atoms with Gasteiger partial charge in [0.1, 0.15) is 0 Å². The molecular weight excluding hydrogens is 136 g/mol. The van der Waals surface area contributed by atoms with Crippen LogP contribution in [0.5, 0.6) is 0 Å². The Morgan fingerprint density at radius 1 is 1.36 bits per heavy atom. The molecule has 2 N–H and O–H groups in total. The van der Waals surface area contributed by atoms with Crippen molar-refractivity contribution in [2.45, 2.75) is 31.3 Å². The number of nitrogens with zero attached hydrogens (tertiary/aromatic N) is 1. The lowest BCUT2D eigenvalue weighted by Gasteiger charge is -2.36. The van der Waals surface area contributed by atoms with Crippen LogP contribution < -0.4 is 5.73 Å². The maximum atomic E-state index is 6.10. The van der Waals surface area contributed by atoms with E-state index in [0.717, 1.165) is 17.9 Å². The third-order valence-corrected chi connectivity index (χ3v) is 3.73. The van der Waals surface area contributed by atoms with E-state index in [1.807, 2.05) is 0 Å². The van der Waals surface area contributed by atoms with Crippen LogP contribution in [0.2, 0.25) is 0 Å². The summed E-state index contributed by atoms with van der Waals surface area (Å²) in [7, 11) is 0. The average molecular weight is 152 g/mol. The minimum atomic E-state index is 0.501. The molecule has 11 heavy (non-hydrogen) atoms. The van der Waals surface area contributed by atoms with Gasteiger partial charge in [-0.1, -0.05) is 0 Å². The molecule has 0 aromatic carbocycles. The molecule has 3 fully saturated rings. The number of hydrogen-bond acceptors (Lipinski definition) is 2. The van der Waals surface area contributed by atoms with Crippen LogP contribution in [0.4, 0.5) is 0 Å². The van der Waals surface area contributed by atoms with Crippen molar-refractivity contribution in [3.63, 3.8) is 0 Å². The van der Waals surface area contributed by atoms with Crippen molar-refractivity contribution < 1.29 is 0 Å². The first-order chi connectivity index (χ1) is 5.36. The second-order valence-electron chi connectivity index (χ2n) is 4.45. The number of fused-ring (bicyclic) bond motifs is 3. The first kappa shape index (κ1) is 6.44. The lowest BCUT2D eigenvalue weighted by Crippen LogP contribution is -2.50. The van der Waals surface area contributed by atoms with Crippen molar-refractivity contribution in [1.82, 2.24) is 4.90 Å². The van der Waals surface area contributed by atoms with Crippen LogP contribution in [0, 0.1) is 11.8 Å². The van der Waals surface area contributed by atoms with Crippen LogP contribution in [0.25, 0.3) is 0 Å². The SMILES string of the molecule is NC1CCCN2CC3CC3C12. The Kier molecular flexibility index (Phi) is 1.16. The van der Waals surface area contributed by atoms with E-state index in [1.54, 1.807) is 0 Å². The normalized spacial score (nSPS) is 55.4. The molecule has 0 spiro atoms. The van der Waals surface area contributed by atoms with Crippen LogP contribution in [0.1, 0.15) is 19.3 Å².